The molecule has 1 aromatic heterocycles. The fraction of sp³-hybridized carbons (Fsp3) is 0.167. The Morgan fingerprint density at radius 1 is 1.10 bits per heavy atom. The van der Waals surface area contributed by atoms with Crippen LogP contribution in [0.15, 0.2) is 18.2 Å². The molecule has 2 rings (SSSR count). The number of carbonyl (C=O) groups is 1. The monoisotopic (exact) mass is 311 g/mol. The number of halogens is 1. The number of hydrogen-bond acceptors (Lipinski definition) is 7. The summed E-state index contributed by atoms with van der Waals surface area (Å²) in [5.74, 6) is -1.18. The van der Waals surface area contributed by atoms with E-state index in [9.17, 15) is 4.79 Å². The largest absolute Gasteiger partial charge is 0.478 e. The number of aromatic nitrogens is 3. The standard InChI is InChI=1S/C12H10ClN3O5/c1-19-10-14-11(20-2)16-12(15-10)21-8-5-6(13)3-4-7(8)9(17)18/h3-5H,1-2H3,(H,17,18). The number of hydrogen-bond donors (Lipinski definition) is 1. The van der Waals surface area contributed by atoms with Crippen molar-refractivity contribution in [2.75, 3.05) is 14.2 Å². The average molecular weight is 312 g/mol. The summed E-state index contributed by atoms with van der Waals surface area (Å²) in [6.45, 7) is 0. The highest BCUT2D eigenvalue weighted by Crippen LogP contribution is 2.28. The normalized spacial score (nSPS) is 10.0. The SMILES string of the molecule is COc1nc(OC)nc(Oc2cc(Cl)ccc2C(=O)O)n1. The maximum atomic E-state index is 11.1. The number of aromatic carboxylic acids is 1. The molecule has 0 radical (unpaired) electrons. The zero-order valence-corrected chi connectivity index (χ0v) is 11.8. The Bertz CT molecular complexity index is 658. The van der Waals surface area contributed by atoms with Gasteiger partial charge in [-0.3, -0.25) is 0 Å². The molecule has 0 fully saturated rings. The molecule has 0 spiro atoms. The molecule has 8 nitrogen and oxygen atoms in total. The molecule has 0 saturated heterocycles. The van der Waals surface area contributed by atoms with Crippen LogP contribution in [0.5, 0.6) is 23.8 Å². The van der Waals surface area contributed by atoms with Gasteiger partial charge in [0.05, 0.1) is 14.2 Å². The molecule has 0 aliphatic rings. The summed E-state index contributed by atoms with van der Waals surface area (Å²) in [5, 5.41) is 9.42. The highest BCUT2D eigenvalue weighted by Gasteiger charge is 2.16. The summed E-state index contributed by atoms with van der Waals surface area (Å²) < 4.78 is 15.1. The van der Waals surface area contributed by atoms with E-state index >= 15 is 0 Å². The van der Waals surface area contributed by atoms with Gasteiger partial charge in [0, 0.05) is 11.1 Å². The van der Waals surface area contributed by atoms with Gasteiger partial charge in [0.2, 0.25) is 0 Å². The molecule has 110 valence electrons. The number of methoxy groups -OCH3 is 2. The van der Waals surface area contributed by atoms with Crippen LogP contribution in [-0.4, -0.2) is 40.2 Å². The van der Waals surface area contributed by atoms with E-state index in [4.69, 9.17) is 30.9 Å². The summed E-state index contributed by atoms with van der Waals surface area (Å²) in [4.78, 5) is 22.6. The second-order valence-electron chi connectivity index (χ2n) is 3.64. The third-order valence-corrected chi connectivity index (χ3v) is 2.55. The van der Waals surface area contributed by atoms with Crippen LogP contribution in [0.4, 0.5) is 0 Å². The maximum Gasteiger partial charge on any atom is 0.339 e. The first-order chi connectivity index (χ1) is 10.0. The second kappa shape index (κ2) is 6.23. The maximum absolute atomic E-state index is 11.1. The van der Waals surface area contributed by atoms with E-state index in [1.54, 1.807) is 0 Å². The summed E-state index contributed by atoms with van der Waals surface area (Å²) in [6.07, 6.45) is 0. The molecular weight excluding hydrogens is 302 g/mol. The highest BCUT2D eigenvalue weighted by molar-refractivity contribution is 6.30. The molecule has 21 heavy (non-hydrogen) atoms. The third kappa shape index (κ3) is 3.48. The molecule has 0 aliphatic carbocycles. The fourth-order valence-electron chi connectivity index (χ4n) is 1.40. The van der Waals surface area contributed by atoms with Gasteiger partial charge in [-0.2, -0.15) is 0 Å². The minimum Gasteiger partial charge on any atom is -0.478 e. The Labute approximate surface area is 124 Å². The zero-order chi connectivity index (χ0) is 15.4. The Morgan fingerprint density at radius 3 is 2.19 bits per heavy atom. The van der Waals surface area contributed by atoms with Gasteiger partial charge in [-0.15, -0.1) is 15.0 Å². The van der Waals surface area contributed by atoms with Crippen molar-refractivity contribution >= 4 is 17.6 Å². The second-order valence-corrected chi connectivity index (χ2v) is 4.08. The summed E-state index contributed by atoms with van der Waals surface area (Å²) in [7, 11) is 2.72. The van der Waals surface area contributed by atoms with Gasteiger partial charge in [0.1, 0.15) is 11.3 Å². The topological polar surface area (TPSA) is 104 Å². The molecule has 0 amide bonds. The number of rotatable bonds is 5. The van der Waals surface area contributed by atoms with E-state index in [0.29, 0.717) is 5.02 Å². The molecule has 1 heterocycles. The van der Waals surface area contributed by atoms with Crippen molar-refractivity contribution in [1.82, 2.24) is 15.0 Å². The number of carboxylic acids is 1. The Kier molecular flexibility index (Phi) is 4.39. The summed E-state index contributed by atoms with van der Waals surface area (Å²) in [5.41, 5.74) is -0.0854. The number of nitrogens with zero attached hydrogens (tertiary/aromatic N) is 3. The molecule has 2 aromatic rings. The van der Waals surface area contributed by atoms with Gasteiger partial charge >= 0.3 is 24.0 Å². The van der Waals surface area contributed by atoms with Gasteiger partial charge in [0.25, 0.3) is 0 Å². The molecule has 0 unspecified atom stereocenters. The molecule has 1 N–H and O–H groups in total. The van der Waals surface area contributed by atoms with Crippen LogP contribution in [-0.2, 0) is 0 Å². The van der Waals surface area contributed by atoms with Crippen LogP contribution < -0.4 is 14.2 Å². The van der Waals surface area contributed by atoms with E-state index < -0.39 is 5.97 Å². The quantitative estimate of drug-likeness (QED) is 0.894. The van der Waals surface area contributed by atoms with Crippen molar-refractivity contribution in [1.29, 1.82) is 0 Å². The Morgan fingerprint density at radius 2 is 1.67 bits per heavy atom. The van der Waals surface area contributed by atoms with E-state index in [1.807, 2.05) is 0 Å². The van der Waals surface area contributed by atoms with E-state index in [2.05, 4.69) is 15.0 Å². The van der Waals surface area contributed by atoms with Crippen LogP contribution in [0.3, 0.4) is 0 Å². The van der Waals surface area contributed by atoms with Gasteiger partial charge in [-0.25, -0.2) is 4.79 Å². The highest BCUT2D eigenvalue weighted by atomic mass is 35.5. The van der Waals surface area contributed by atoms with E-state index in [1.165, 1.54) is 32.4 Å². The van der Waals surface area contributed by atoms with Crippen molar-refractivity contribution in [3.05, 3.63) is 28.8 Å². The molecule has 0 atom stereocenters. The lowest BCUT2D eigenvalue weighted by Crippen LogP contribution is -2.04. The van der Waals surface area contributed by atoms with Crippen LogP contribution >= 0.6 is 11.6 Å². The van der Waals surface area contributed by atoms with Crippen LogP contribution in [0.25, 0.3) is 0 Å². The van der Waals surface area contributed by atoms with Crippen LogP contribution in [0.1, 0.15) is 10.4 Å². The first-order valence-electron chi connectivity index (χ1n) is 5.58. The zero-order valence-electron chi connectivity index (χ0n) is 11.0. The van der Waals surface area contributed by atoms with Crippen molar-refractivity contribution in [2.45, 2.75) is 0 Å². The van der Waals surface area contributed by atoms with E-state index in [-0.39, 0.29) is 29.3 Å². The lowest BCUT2D eigenvalue weighted by molar-refractivity contribution is 0.0694. The van der Waals surface area contributed by atoms with Gasteiger partial charge in [-0.1, -0.05) is 11.6 Å². The lowest BCUT2D eigenvalue weighted by atomic mass is 10.2. The molecule has 0 aliphatic heterocycles. The Hall–Kier alpha value is -2.61. The number of benzene rings is 1. The summed E-state index contributed by atoms with van der Waals surface area (Å²) >= 11 is 5.83. The Balaban J connectivity index is 2.42. The lowest BCUT2D eigenvalue weighted by Gasteiger charge is -2.09. The fourth-order valence-corrected chi connectivity index (χ4v) is 1.57. The third-order valence-electron chi connectivity index (χ3n) is 2.31. The van der Waals surface area contributed by atoms with Crippen molar-refractivity contribution in [2.24, 2.45) is 0 Å². The van der Waals surface area contributed by atoms with Crippen LogP contribution in [0.2, 0.25) is 5.02 Å². The van der Waals surface area contributed by atoms with Crippen molar-refractivity contribution in [3.63, 3.8) is 0 Å². The first-order valence-corrected chi connectivity index (χ1v) is 5.96. The van der Waals surface area contributed by atoms with Gasteiger partial charge in [0.15, 0.2) is 0 Å². The molecular formula is C12H10ClN3O5. The first kappa shape index (κ1) is 14.8. The molecule has 0 bridgehead atoms. The number of ether oxygens (including phenoxy) is 3. The molecule has 9 heteroatoms. The van der Waals surface area contributed by atoms with Gasteiger partial charge in [-0.05, 0) is 12.1 Å². The van der Waals surface area contributed by atoms with E-state index in [0.717, 1.165) is 0 Å². The smallest absolute Gasteiger partial charge is 0.339 e. The van der Waals surface area contributed by atoms with Crippen molar-refractivity contribution in [3.8, 4) is 23.8 Å². The average Bonchev–Trinajstić information content (AvgIpc) is 2.46. The predicted molar refractivity (Wildman–Crippen MR) is 71.4 cm³/mol. The van der Waals surface area contributed by atoms with Crippen LogP contribution in [0, 0.1) is 0 Å². The minimum absolute atomic E-state index is 0.00898. The minimum atomic E-state index is -1.17. The molecule has 0 saturated carbocycles. The predicted octanol–water partition coefficient (Wildman–Crippen LogP) is 2.03. The molecule has 1 aromatic carbocycles. The number of carboxylic acid groups (broad SMARTS) is 1. The van der Waals surface area contributed by atoms with Gasteiger partial charge < -0.3 is 19.3 Å². The summed E-state index contributed by atoms with van der Waals surface area (Å²) in [6, 6.07) is 3.85. The van der Waals surface area contributed by atoms with Crippen molar-refractivity contribution < 1.29 is 24.1 Å².